The number of hydrogen-bond acceptors (Lipinski definition) is 2. The Hall–Kier alpha value is -1.53. The van der Waals surface area contributed by atoms with Crippen molar-refractivity contribution < 1.29 is 18.0 Å². The highest BCUT2D eigenvalue weighted by atomic mass is 19.4. The van der Waals surface area contributed by atoms with Crippen molar-refractivity contribution >= 4 is 5.91 Å². The fraction of sp³-hybridized carbons (Fsp3) is 0.714. The van der Waals surface area contributed by atoms with Crippen LogP contribution in [0.15, 0.2) is 6.20 Å². The Morgan fingerprint density at radius 2 is 2.05 bits per heavy atom. The topological polar surface area (TPSA) is 46.9 Å². The molecular weight excluding hydrogens is 283 g/mol. The number of carbonyl (C=O) groups excluding carboxylic acids is 1. The molecule has 116 valence electrons. The van der Waals surface area contributed by atoms with E-state index in [0.717, 1.165) is 38.1 Å². The second-order valence-corrected chi connectivity index (χ2v) is 5.88. The first-order chi connectivity index (χ1) is 9.95. The molecule has 1 aromatic rings. The highest BCUT2D eigenvalue weighted by molar-refractivity contribution is 5.92. The van der Waals surface area contributed by atoms with Crippen LogP contribution in [0.5, 0.6) is 0 Å². The predicted molar refractivity (Wildman–Crippen MR) is 69.8 cm³/mol. The highest BCUT2D eigenvalue weighted by Gasteiger charge is 2.46. The van der Waals surface area contributed by atoms with Crippen molar-refractivity contribution in [1.82, 2.24) is 14.9 Å². The standard InChI is InChI=1S/C14H18F3N3O/c15-14(16,17)12(9-4-1-2-5-9)19-13(21)10-8-20-7-3-6-11(20)18-10/h8-9,12H,1-7H2,(H,19,21). The normalized spacial score (nSPS) is 20.5. The van der Waals surface area contributed by atoms with E-state index in [4.69, 9.17) is 0 Å². The monoisotopic (exact) mass is 301 g/mol. The zero-order chi connectivity index (χ0) is 15.0. The van der Waals surface area contributed by atoms with E-state index in [9.17, 15) is 18.0 Å². The summed E-state index contributed by atoms with van der Waals surface area (Å²) in [5.74, 6) is -0.445. The smallest absolute Gasteiger partial charge is 0.339 e. The number of hydrogen-bond donors (Lipinski definition) is 1. The van der Waals surface area contributed by atoms with Gasteiger partial charge in [-0.15, -0.1) is 0 Å². The molecule has 0 aromatic carbocycles. The van der Waals surface area contributed by atoms with Crippen molar-refractivity contribution in [3.8, 4) is 0 Å². The first-order valence-electron chi connectivity index (χ1n) is 7.39. The molecule has 0 saturated heterocycles. The first kappa shape index (κ1) is 14.4. The summed E-state index contributed by atoms with van der Waals surface area (Å²) in [5, 5.41) is 2.16. The van der Waals surface area contributed by atoms with Gasteiger partial charge in [-0.05, 0) is 25.2 Å². The van der Waals surface area contributed by atoms with Crippen LogP contribution in [0.3, 0.4) is 0 Å². The van der Waals surface area contributed by atoms with Gasteiger partial charge in [0.25, 0.3) is 5.91 Å². The van der Waals surface area contributed by atoms with Crippen LogP contribution < -0.4 is 5.32 Å². The lowest BCUT2D eigenvalue weighted by Gasteiger charge is -2.26. The van der Waals surface area contributed by atoms with Crippen LogP contribution in [0.25, 0.3) is 0 Å². The molecule has 1 amide bonds. The SMILES string of the molecule is O=C(NC(C1CCCC1)C(F)(F)F)c1cn2c(n1)CCC2. The van der Waals surface area contributed by atoms with E-state index in [0.29, 0.717) is 12.8 Å². The fourth-order valence-electron chi connectivity index (χ4n) is 3.34. The molecule has 0 spiro atoms. The minimum Gasteiger partial charge on any atom is -0.339 e. The van der Waals surface area contributed by atoms with Crippen LogP contribution >= 0.6 is 0 Å². The van der Waals surface area contributed by atoms with Crippen LogP contribution in [0.2, 0.25) is 0 Å². The quantitative estimate of drug-likeness (QED) is 0.933. The summed E-state index contributed by atoms with van der Waals surface area (Å²) in [5.41, 5.74) is 0.0944. The molecule has 1 N–H and O–H groups in total. The second-order valence-electron chi connectivity index (χ2n) is 5.88. The zero-order valence-corrected chi connectivity index (χ0v) is 11.6. The van der Waals surface area contributed by atoms with Gasteiger partial charge in [0, 0.05) is 19.2 Å². The second kappa shape index (κ2) is 5.35. The Bertz CT molecular complexity index is 511. The number of nitrogens with zero attached hydrogens (tertiary/aromatic N) is 2. The minimum absolute atomic E-state index is 0.0944. The average Bonchev–Trinajstić information content (AvgIpc) is 3.09. The van der Waals surface area contributed by atoms with E-state index in [1.165, 1.54) is 0 Å². The third kappa shape index (κ3) is 2.91. The number of alkyl halides is 3. The van der Waals surface area contributed by atoms with Gasteiger partial charge < -0.3 is 9.88 Å². The minimum atomic E-state index is -4.41. The average molecular weight is 301 g/mol. The number of nitrogens with one attached hydrogen (secondary N) is 1. The van der Waals surface area contributed by atoms with E-state index < -0.39 is 24.0 Å². The molecule has 2 heterocycles. The zero-order valence-electron chi connectivity index (χ0n) is 11.6. The van der Waals surface area contributed by atoms with Crippen molar-refractivity contribution in [2.45, 2.75) is 57.3 Å². The predicted octanol–water partition coefficient (Wildman–Crippen LogP) is 2.68. The van der Waals surface area contributed by atoms with Gasteiger partial charge in [-0.25, -0.2) is 4.98 Å². The Balaban J connectivity index is 1.73. The maximum absolute atomic E-state index is 13.2. The number of imidazole rings is 1. The number of halogens is 3. The van der Waals surface area contributed by atoms with E-state index in [1.54, 1.807) is 6.20 Å². The molecule has 1 aliphatic carbocycles. The number of rotatable bonds is 3. The number of fused-ring (bicyclic) bond motifs is 1. The van der Waals surface area contributed by atoms with Gasteiger partial charge in [0.1, 0.15) is 17.6 Å². The molecule has 1 aromatic heterocycles. The van der Waals surface area contributed by atoms with E-state index in [-0.39, 0.29) is 5.69 Å². The summed E-state index contributed by atoms with van der Waals surface area (Å²) in [6, 6.07) is -1.76. The van der Waals surface area contributed by atoms with Crippen molar-refractivity contribution in [3.05, 3.63) is 17.7 Å². The number of aryl methyl sites for hydroxylation is 2. The van der Waals surface area contributed by atoms with Crippen LogP contribution in [0, 0.1) is 5.92 Å². The van der Waals surface area contributed by atoms with Gasteiger partial charge in [0.2, 0.25) is 0 Å². The molecule has 3 rings (SSSR count). The van der Waals surface area contributed by atoms with Crippen LogP contribution in [-0.2, 0) is 13.0 Å². The van der Waals surface area contributed by atoms with Gasteiger partial charge in [0.15, 0.2) is 0 Å². The summed E-state index contributed by atoms with van der Waals surface area (Å²) in [7, 11) is 0. The Labute approximate surface area is 120 Å². The van der Waals surface area contributed by atoms with E-state index in [1.807, 2.05) is 4.57 Å². The molecule has 7 heteroatoms. The van der Waals surface area contributed by atoms with Crippen LogP contribution in [0.1, 0.15) is 48.4 Å². The summed E-state index contributed by atoms with van der Waals surface area (Å²) in [6.07, 6.45) is 1.52. The third-order valence-electron chi connectivity index (χ3n) is 4.40. The van der Waals surface area contributed by atoms with Crippen molar-refractivity contribution in [2.24, 2.45) is 5.92 Å². The Kier molecular flexibility index (Phi) is 3.67. The van der Waals surface area contributed by atoms with Crippen molar-refractivity contribution in [2.75, 3.05) is 0 Å². The molecule has 1 saturated carbocycles. The lowest BCUT2D eigenvalue weighted by Crippen LogP contribution is -2.49. The van der Waals surface area contributed by atoms with Gasteiger partial charge in [-0.3, -0.25) is 4.79 Å². The summed E-state index contributed by atoms with van der Waals surface area (Å²) in [4.78, 5) is 16.2. The summed E-state index contributed by atoms with van der Waals surface area (Å²) < 4.78 is 41.3. The van der Waals surface area contributed by atoms with Crippen LogP contribution in [0.4, 0.5) is 13.2 Å². The molecular formula is C14H18F3N3O. The molecule has 1 aliphatic heterocycles. The van der Waals surface area contributed by atoms with Crippen molar-refractivity contribution in [1.29, 1.82) is 0 Å². The third-order valence-corrected chi connectivity index (χ3v) is 4.40. The molecule has 1 fully saturated rings. The number of aromatic nitrogens is 2. The van der Waals surface area contributed by atoms with Gasteiger partial charge in [-0.2, -0.15) is 13.2 Å². The Morgan fingerprint density at radius 1 is 1.33 bits per heavy atom. The number of carbonyl (C=O) groups is 1. The molecule has 21 heavy (non-hydrogen) atoms. The molecule has 1 atom stereocenters. The van der Waals surface area contributed by atoms with E-state index >= 15 is 0 Å². The van der Waals surface area contributed by atoms with E-state index in [2.05, 4.69) is 10.3 Å². The van der Waals surface area contributed by atoms with Gasteiger partial charge in [0.05, 0.1) is 0 Å². The molecule has 0 radical (unpaired) electrons. The fourth-order valence-corrected chi connectivity index (χ4v) is 3.34. The summed E-state index contributed by atoms with van der Waals surface area (Å²) in [6.45, 7) is 0.779. The maximum atomic E-state index is 13.2. The van der Waals surface area contributed by atoms with Crippen LogP contribution in [-0.4, -0.2) is 27.7 Å². The molecule has 2 aliphatic rings. The lowest BCUT2D eigenvalue weighted by molar-refractivity contribution is -0.164. The molecule has 0 bridgehead atoms. The largest absolute Gasteiger partial charge is 0.408 e. The lowest BCUT2D eigenvalue weighted by atomic mass is 9.97. The molecule has 1 unspecified atom stereocenters. The summed E-state index contributed by atoms with van der Waals surface area (Å²) >= 11 is 0. The molecule has 4 nitrogen and oxygen atoms in total. The maximum Gasteiger partial charge on any atom is 0.408 e. The number of amides is 1. The van der Waals surface area contributed by atoms with Gasteiger partial charge >= 0.3 is 6.18 Å². The van der Waals surface area contributed by atoms with Crippen molar-refractivity contribution in [3.63, 3.8) is 0 Å². The van der Waals surface area contributed by atoms with Gasteiger partial charge in [-0.1, -0.05) is 12.8 Å². The Morgan fingerprint density at radius 3 is 2.67 bits per heavy atom. The highest BCUT2D eigenvalue weighted by Crippen LogP contribution is 2.35. The first-order valence-corrected chi connectivity index (χ1v) is 7.39.